The molecule has 0 saturated carbocycles. The monoisotopic (exact) mass is 323 g/mol. The Labute approximate surface area is 121 Å². The van der Waals surface area contributed by atoms with Crippen molar-refractivity contribution in [3.8, 4) is 5.75 Å². The summed E-state index contributed by atoms with van der Waals surface area (Å²) in [7, 11) is 1.66. The molecule has 0 saturated heterocycles. The molecule has 1 atom stereocenters. The lowest BCUT2D eigenvalue weighted by atomic mass is 9.99. The van der Waals surface area contributed by atoms with E-state index in [1.54, 1.807) is 13.4 Å². The highest BCUT2D eigenvalue weighted by Gasteiger charge is 2.15. The first-order valence-electron chi connectivity index (χ1n) is 6.30. The van der Waals surface area contributed by atoms with E-state index < -0.39 is 0 Å². The van der Waals surface area contributed by atoms with E-state index in [4.69, 9.17) is 14.9 Å². The fourth-order valence-electron chi connectivity index (χ4n) is 2.15. The Morgan fingerprint density at radius 2 is 2.16 bits per heavy atom. The van der Waals surface area contributed by atoms with Crippen molar-refractivity contribution in [2.75, 3.05) is 7.11 Å². The van der Waals surface area contributed by atoms with Crippen molar-refractivity contribution in [3.05, 3.63) is 51.9 Å². The Morgan fingerprint density at radius 3 is 2.84 bits per heavy atom. The average Bonchev–Trinajstić information content (AvgIpc) is 2.89. The van der Waals surface area contributed by atoms with E-state index in [0.29, 0.717) is 0 Å². The molecule has 0 aliphatic heterocycles. The number of aryl methyl sites for hydroxylation is 1. The summed E-state index contributed by atoms with van der Waals surface area (Å²) in [6.45, 7) is 2.07. The Balaban J connectivity index is 2.21. The number of hydrogen-bond acceptors (Lipinski definition) is 3. The van der Waals surface area contributed by atoms with Gasteiger partial charge in [-0.25, -0.2) is 0 Å². The fraction of sp³-hybridized carbons (Fsp3) is 0.333. The van der Waals surface area contributed by atoms with Crippen molar-refractivity contribution in [1.82, 2.24) is 0 Å². The molecule has 19 heavy (non-hydrogen) atoms. The predicted octanol–water partition coefficient (Wildman–Crippen LogP) is 3.86. The second kappa shape index (κ2) is 6.26. The number of ether oxygens (including phenoxy) is 1. The van der Waals surface area contributed by atoms with Gasteiger partial charge in [-0.2, -0.15) is 0 Å². The minimum Gasteiger partial charge on any atom is -0.497 e. The highest BCUT2D eigenvalue weighted by molar-refractivity contribution is 9.10. The minimum absolute atomic E-state index is 0.0721. The quantitative estimate of drug-likeness (QED) is 0.909. The van der Waals surface area contributed by atoms with Gasteiger partial charge in [-0.05, 0) is 36.2 Å². The van der Waals surface area contributed by atoms with E-state index in [1.807, 2.05) is 24.3 Å². The van der Waals surface area contributed by atoms with Crippen molar-refractivity contribution in [3.63, 3.8) is 0 Å². The SMILES string of the molecule is CCc1occc1C(N)Cc1cc(OC)ccc1Br. The zero-order valence-electron chi connectivity index (χ0n) is 11.2. The summed E-state index contributed by atoms with van der Waals surface area (Å²) in [6.07, 6.45) is 3.30. The summed E-state index contributed by atoms with van der Waals surface area (Å²) in [6, 6.07) is 7.80. The normalized spacial score (nSPS) is 12.4. The molecule has 0 spiro atoms. The van der Waals surface area contributed by atoms with Crippen LogP contribution in [0, 0.1) is 0 Å². The van der Waals surface area contributed by atoms with Crippen LogP contribution in [0.15, 0.2) is 39.4 Å². The van der Waals surface area contributed by atoms with Gasteiger partial charge in [0.2, 0.25) is 0 Å². The van der Waals surface area contributed by atoms with Crippen LogP contribution >= 0.6 is 15.9 Å². The van der Waals surface area contributed by atoms with E-state index in [9.17, 15) is 0 Å². The molecule has 2 aromatic rings. The standard InChI is InChI=1S/C15H18BrNO2/c1-3-15-12(6-7-19-15)14(17)9-10-8-11(18-2)4-5-13(10)16/h4-8,14H,3,9,17H2,1-2H3. The van der Waals surface area contributed by atoms with Gasteiger partial charge < -0.3 is 14.9 Å². The van der Waals surface area contributed by atoms with Crippen molar-refractivity contribution in [1.29, 1.82) is 0 Å². The first-order valence-corrected chi connectivity index (χ1v) is 7.09. The average molecular weight is 324 g/mol. The van der Waals surface area contributed by atoms with Crippen LogP contribution in [-0.2, 0) is 12.8 Å². The van der Waals surface area contributed by atoms with Gasteiger partial charge in [0, 0.05) is 22.5 Å². The molecular weight excluding hydrogens is 306 g/mol. The van der Waals surface area contributed by atoms with Crippen molar-refractivity contribution in [2.24, 2.45) is 5.73 Å². The first kappa shape index (κ1) is 14.2. The molecule has 102 valence electrons. The van der Waals surface area contributed by atoms with Crippen LogP contribution in [0.25, 0.3) is 0 Å². The van der Waals surface area contributed by atoms with Gasteiger partial charge in [0.05, 0.1) is 13.4 Å². The minimum atomic E-state index is -0.0721. The first-order chi connectivity index (χ1) is 9.15. The number of rotatable bonds is 5. The highest BCUT2D eigenvalue weighted by atomic mass is 79.9. The van der Waals surface area contributed by atoms with Crippen LogP contribution in [0.2, 0.25) is 0 Å². The van der Waals surface area contributed by atoms with Gasteiger partial charge in [-0.3, -0.25) is 0 Å². The van der Waals surface area contributed by atoms with E-state index in [-0.39, 0.29) is 6.04 Å². The molecule has 0 bridgehead atoms. The smallest absolute Gasteiger partial charge is 0.119 e. The van der Waals surface area contributed by atoms with Gasteiger partial charge in [0.1, 0.15) is 11.5 Å². The Hall–Kier alpha value is -1.26. The van der Waals surface area contributed by atoms with Crippen molar-refractivity contribution >= 4 is 15.9 Å². The third kappa shape index (κ3) is 3.19. The van der Waals surface area contributed by atoms with E-state index in [1.165, 1.54) is 0 Å². The van der Waals surface area contributed by atoms with E-state index >= 15 is 0 Å². The molecular formula is C15H18BrNO2. The van der Waals surface area contributed by atoms with Crippen LogP contribution in [0.1, 0.15) is 29.9 Å². The number of halogens is 1. The zero-order chi connectivity index (χ0) is 13.8. The third-order valence-electron chi connectivity index (χ3n) is 3.19. The highest BCUT2D eigenvalue weighted by Crippen LogP contribution is 2.28. The van der Waals surface area contributed by atoms with Crippen LogP contribution < -0.4 is 10.5 Å². The zero-order valence-corrected chi connectivity index (χ0v) is 12.7. The topological polar surface area (TPSA) is 48.4 Å². The summed E-state index contributed by atoms with van der Waals surface area (Å²) in [5.74, 6) is 1.81. The number of furan rings is 1. The fourth-order valence-corrected chi connectivity index (χ4v) is 2.56. The molecule has 1 aromatic carbocycles. The molecule has 1 aromatic heterocycles. The lowest BCUT2D eigenvalue weighted by molar-refractivity contribution is 0.414. The lowest BCUT2D eigenvalue weighted by Crippen LogP contribution is -2.14. The molecule has 0 radical (unpaired) electrons. The molecule has 4 heteroatoms. The Bertz CT molecular complexity index is 551. The second-order valence-electron chi connectivity index (χ2n) is 4.42. The summed E-state index contributed by atoms with van der Waals surface area (Å²) in [5.41, 5.74) is 8.50. The summed E-state index contributed by atoms with van der Waals surface area (Å²) >= 11 is 3.55. The maximum atomic E-state index is 6.29. The van der Waals surface area contributed by atoms with Gasteiger partial charge in [-0.1, -0.05) is 22.9 Å². The Morgan fingerprint density at radius 1 is 1.37 bits per heavy atom. The Kier molecular flexibility index (Phi) is 4.66. The third-order valence-corrected chi connectivity index (χ3v) is 3.97. The van der Waals surface area contributed by atoms with E-state index in [0.717, 1.165) is 40.0 Å². The molecule has 0 aliphatic rings. The maximum Gasteiger partial charge on any atom is 0.119 e. The predicted molar refractivity (Wildman–Crippen MR) is 79.4 cm³/mol. The molecule has 0 aliphatic carbocycles. The number of benzene rings is 1. The number of nitrogens with two attached hydrogens (primary N) is 1. The molecule has 2 rings (SSSR count). The van der Waals surface area contributed by atoms with Gasteiger partial charge >= 0.3 is 0 Å². The largest absolute Gasteiger partial charge is 0.497 e. The van der Waals surface area contributed by atoms with Crippen molar-refractivity contribution in [2.45, 2.75) is 25.8 Å². The summed E-state index contributed by atoms with van der Waals surface area (Å²) in [5, 5.41) is 0. The van der Waals surface area contributed by atoms with E-state index in [2.05, 4.69) is 22.9 Å². The van der Waals surface area contributed by atoms with Gasteiger partial charge in [-0.15, -0.1) is 0 Å². The van der Waals surface area contributed by atoms with Crippen LogP contribution in [0.4, 0.5) is 0 Å². The number of methoxy groups -OCH3 is 1. The van der Waals surface area contributed by atoms with Gasteiger partial charge in [0.15, 0.2) is 0 Å². The van der Waals surface area contributed by atoms with Crippen LogP contribution in [0.3, 0.4) is 0 Å². The molecule has 1 unspecified atom stereocenters. The molecule has 0 amide bonds. The van der Waals surface area contributed by atoms with Crippen molar-refractivity contribution < 1.29 is 9.15 Å². The summed E-state index contributed by atoms with van der Waals surface area (Å²) in [4.78, 5) is 0. The van der Waals surface area contributed by atoms with Crippen LogP contribution in [0.5, 0.6) is 5.75 Å². The molecule has 2 N–H and O–H groups in total. The second-order valence-corrected chi connectivity index (χ2v) is 5.27. The van der Waals surface area contributed by atoms with Gasteiger partial charge in [0.25, 0.3) is 0 Å². The molecule has 3 nitrogen and oxygen atoms in total. The molecule has 0 fully saturated rings. The summed E-state index contributed by atoms with van der Waals surface area (Å²) < 4.78 is 11.7. The number of hydrogen-bond donors (Lipinski definition) is 1. The van der Waals surface area contributed by atoms with Crippen LogP contribution in [-0.4, -0.2) is 7.11 Å². The molecule has 1 heterocycles. The lowest BCUT2D eigenvalue weighted by Gasteiger charge is -2.14. The maximum absolute atomic E-state index is 6.29.